The van der Waals surface area contributed by atoms with Gasteiger partial charge in [-0.25, -0.2) is 8.42 Å². The van der Waals surface area contributed by atoms with E-state index in [1.165, 1.54) is 12.1 Å². The van der Waals surface area contributed by atoms with Crippen molar-refractivity contribution in [3.63, 3.8) is 0 Å². The molecule has 1 rings (SSSR count). The van der Waals surface area contributed by atoms with Crippen LogP contribution in [0, 0.1) is 0 Å². The fraction of sp³-hybridized carbons (Fsp3) is 0. The van der Waals surface area contributed by atoms with Crippen LogP contribution in [0.25, 0.3) is 0 Å². The van der Waals surface area contributed by atoms with Crippen molar-refractivity contribution in [1.82, 2.24) is 0 Å². The summed E-state index contributed by atoms with van der Waals surface area (Å²) < 4.78 is 35.6. The van der Waals surface area contributed by atoms with Gasteiger partial charge >= 0.3 is 59.1 Å². The Morgan fingerprint density at radius 2 is 1.88 bits per heavy atom. The van der Waals surface area contributed by atoms with Crippen LogP contribution in [0.5, 0.6) is 0 Å². The fourth-order valence-electron chi connectivity index (χ4n) is 0.735. The van der Waals surface area contributed by atoms with E-state index in [9.17, 15) is 18.2 Å². The Balaban J connectivity index is 0. The minimum atomic E-state index is -4.49. The molecule has 0 spiro atoms. The molecule has 0 unspecified atom stereocenters. The second-order valence-corrected chi connectivity index (χ2v) is 4.30. The summed E-state index contributed by atoms with van der Waals surface area (Å²) in [5, 5.41) is 12.5. The van der Waals surface area contributed by atoms with Crippen molar-refractivity contribution in [2.45, 2.75) is 9.79 Å². The molecule has 1 aromatic carbocycles. The molecule has 0 atom stereocenters. The second-order valence-electron chi connectivity index (χ2n) is 2.15. The maximum absolute atomic E-state index is 10.6. The van der Waals surface area contributed by atoms with Crippen LogP contribution in [-0.2, 0) is 19.5 Å². The molecule has 0 saturated heterocycles. The van der Waals surface area contributed by atoms with Crippen LogP contribution in [-0.4, -0.2) is 13.0 Å². The van der Waals surface area contributed by atoms with Crippen LogP contribution >= 0.6 is 12.0 Å². The Morgan fingerprint density at radius 1 is 1.25 bits per heavy atom. The molecule has 78 valence electrons. The Kier molecular flexibility index (Phi) is 11.5. The molecule has 0 aromatic heterocycles. The van der Waals surface area contributed by atoms with Crippen molar-refractivity contribution < 1.29 is 86.7 Å². The largest absolute Gasteiger partial charge is 1.00 e. The predicted molar refractivity (Wildman–Crippen MR) is 42.4 cm³/mol. The van der Waals surface area contributed by atoms with E-state index in [4.69, 9.17) is 0 Å². The first-order valence-corrected chi connectivity index (χ1v) is 5.38. The zero-order chi connectivity index (χ0) is 10.6. The van der Waals surface area contributed by atoms with E-state index in [1.54, 1.807) is 0 Å². The summed E-state index contributed by atoms with van der Waals surface area (Å²) in [4.78, 5) is -0.116. The molecule has 0 bridgehead atoms. The minimum absolute atomic E-state index is 0. The van der Waals surface area contributed by atoms with Crippen molar-refractivity contribution in [1.29, 1.82) is 0 Å². The molecule has 1 aromatic rings. The molecule has 0 fully saturated rings. The van der Waals surface area contributed by atoms with Crippen LogP contribution in [0.2, 0.25) is 0 Å². The van der Waals surface area contributed by atoms with Gasteiger partial charge in [0, 0.05) is 4.90 Å². The molecule has 0 amide bonds. The van der Waals surface area contributed by atoms with Crippen LogP contribution < -0.4 is 64.4 Å². The number of benzene rings is 1. The summed E-state index contributed by atoms with van der Waals surface area (Å²) in [7, 11) is -4.49. The smallest absolute Gasteiger partial charge is 0.744 e. The van der Waals surface area contributed by atoms with Crippen molar-refractivity contribution in [2.75, 3.05) is 0 Å². The van der Waals surface area contributed by atoms with Crippen LogP contribution in [0.15, 0.2) is 34.1 Å². The summed E-state index contributed by atoms with van der Waals surface area (Å²) in [6, 6.07) is 5.02. The molecule has 0 aliphatic heterocycles. The van der Waals surface area contributed by atoms with E-state index in [2.05, 4.69) is 9.37 Å². The Hall–Kier alpha value is 1.36. The van der Waals surface area contributed by atoms with Gasteiger partial charge in [-0.2, -0.15) is 4.33 Å². The summed E-state index contributed by atoms with van der Waals surface area (Å²) >= 11 is 0.513. The van der Waals surface area contributed by atoms with Crippen molar-refractivity contribution in [3.8, 4) is 0 Å². The van der Waals surface area contributed by atoms with Crippen molar-refractivity contribution in [3.05, 3.63) is 24.3 Å². The Bertz CT molecular complexity index is 409. The number of hydrogen-bond acceptors (Lipinski definition) is 7. The molecule has 0 aliphatic rings. The fourth-order valence-corrected chi connectivity index (χ4v) is 1.74. The maximum atomic E-state index is 10.6. The molecule has 0 radical (unpaired) electrons. The minimum Gasteiger partial charge on any atom is -0.744 e. The predicted octanol–water partition coefficient (Wildman–Crippen LogP) is -6.17. The van der Waals surface area contributed by atoms with E-state index in [-0.39, 0.29) is 64.0 Å². The number of rotatable bonds is 4. The van der Waals surface area contributed by atoms with Gasteiger partial charge in [0.1, 0.15) is 10.1 Å². The van der Waals surface area contributed by atoms with E-state index in [0.717, 1.165) is 12.1 Å². The van der Waals surface area contributed by atoms with Gasteiger partial charge in [-0.3, -0.25) is 5.04 Å². The maximum Gasteiger partial charge on any atom is 1.00 e. The molecule has 0 heterocycles. The third-order valence-corrected chi connectivity index (χ3v) is 2.65. The van der Waals surface area contributed by atoms with Crippen LogP contribution in [0.3, 0.4) is 0 Å². The summed E-state index contributed by atoms with van der Waals surface area (Å²) in [5.74, 6) is 0. The monoisotopic (exact) mass is 282 g/mol. The molecule has 10 heteroatoms. The summed E-state index contributed by atoms with van der Waals surface area (Å²) in [6.07, 6.45) is 0. The molecular weight excluding hydrogens is 278 g/mol. The topological polar surface area (TPSA) is 98.7 Å². The SMILES string of the molecule is O=S(=O)([O-])c1cccc(SOO[O-])c1.[Na+].[Na+]. The molecule has 6 nitrogen and oxygen atoms in total. The second kappa shape index (κ2) is 9.31. The molecule has 0 N–H and O–H groups in total. The summed E-state index contributed by atoms with van der Waals surface area (Å²) in [6.45, 7) is 0. The average Bonchev–Trinajstić information content (AvgIpc) is 2.14. The van der Waals surface area contributed by atoms with Gasteiger partial charge in [0.2, 0.25) is 0 Å². The van der Waals surface area contributed by atoms with E-state index in [0.29, 0.717) is 12.0 Å². The van der Waals surface area contributed by atoms with Gasteiger partial charge in [-0.05, 0) is 18.2 Å². The first-order valence-electron chi connectivity index (χ1n) is 3.23. The molecule has 0 aliphatic carbocycles. The zero-order valence-corrected chi connectivity index (χ0v) is 14.2. The van der Waals surface area contributed by atoms with Crippen molar-refractivity contribution in [2.24, 2.45) is 0 Å². The Labute approximate surface area is 141 Å². The van der Waals surface area contributed by atoms with E-state index < -0.39 is 15.0 Å². The van der Waals surface area contributed by atoms with Gasteiger partial charge < -0.3 is 9.81 Å². The first-order chi connectivity index (χ1) is 6.54. The Morgan fingerprint density at radius 3 is 2.38 bits per heavy atom. The van der Waals surface area contributed by atoms with Gasteiger partial charge in [0.25, 0.3) is 0 Å². The first kappa shape index (κ1) is 19.7. The summed E-state index contributed by atoms with van der Waals surface area (Å²) in [5.41, 5.74) is 0. The van der Waals surface area contributed by atoms with E-state index >= 15 is 0 Å². The third kappa shape index (κ3) is 6.94. The van der Waals surface area contributed by atoms with Gasteiger partial charge in [0.05, 0.1) is 16.9 Å². The van der Waals surface area contributed by atoms with Gasteiger partial charge in [0.15, 0.2) is 0 Å². The van der Waals surface area contributed by atoms with Gasteiger partial charge in [-0.15, -0.1) is 0 Å². The van der Waals surface area contributed by atoms with Crippen molar-refractivity contribution >= 4 is 22.2 Å². The average molecular weight is 282 g/mol. The van der Waals surface area contributed by atoms with E-state index in [1.807, 2.05) is 0 Å². The standard InChI is InChI=1S/C6H6O6S2.2Na/c7-11-12-13-5-2-1-3-6(4-5)14(8,9)10;;/h1-4,7H,(H,8,9,10);;/q;2*+1/p-2. The number of hydrogen-bond donors (Lipinski definition) is 0. The zero-order valence-electron chi connectivity index (χ0n) is 8.58. The van der Waals surface area contributed by atoms with Gasteiger partial charge in [-0.1, -0.05) is 6.07 Å². The third-order valence-electron chi connectivity index (χ3n) is 1.25. The normalized spacial score (nSPS) is 10.1. The molecule has 16 heavy (non-hydrogen) atoms. The van der Waals surface area contributed by atoms with Crippen LogP contribution in [0.4, 0.5) is 0 Å². The molecule has 0 saturated carbocycles. The van der Waals surface area contributed by atoms with Crippen LogP contribution in [0.1, 0.15) is 0 Å². The molecular formula is C6H4Na2O6S2. The quantitative estimate of drug-likeness (QED) is 0.178.